The Morgan fingerprint density at radius 1 is 1.05 bits per heavy atom. The number of piperidine rings is 1. The minimum absolute atomic E-state index is 0.0422. The van der Waals surface area contributed by atoms with E-state index in [1.54, 1.807) is 11.3 Å². The zero-order chi connectivity index (χ0) is 27.9. The summed E-state index contributed by atoms with van der Waals surface area (Å²) in [5.74, 6) is -0.426. The Morgan fingerprint density at radius 3 is 2.48 bits per heavy atom. The number of carbonyl (C=O) groups is 2. The van der Waals surface area contributed by atoms with Crippen LogP contribution in [-0.4, -0.2) is 63.7 Å². The summed E-state index contributed by atoms with van der Waals surface area (Å²) in [5.41, 5.74) is 4.62. The highest BCUT2D eigenvalue weighted by Crippen LogP contribution is 2.63. The largest absolute Gasteiger partial charge is 0.464 e. The van der Waals surface area contributed by atoms with E-state index in [9.17, 15) is 9.59 Å². The monoisotopic (exact) mass is 576 g/mol. The van der Waals surface area contributed by atoms with Gasteiger partial charge in [0, 0.05) is 77.4 Å². The van der Waals surface area contributed by atoms with Crippen LogP contribution in [0.15, 0.2) is 41.1 Å². The Hall–Kier alpha value is -2.78. The second-order valence-electron chi connectivity index (χ2n) is 12.3. The SMILES string of the molecule is CC(C)N1CCN(Cc2coc3cc(Cl)cc(-c4ccnc5cc(CN6C(=O)C7C(C6=O)C7(C)C)sc45)c23)CC1. The molecule has 1 aromatic carbocycles. The number of thiophene rings is 1. The molecule has 208 valence electrons. The van der Waals surface area contributed by atoms with Crippen molar-refractivity contribution in [2.75, 3.05) is 26.2 Å². The quantitative estimate of drug-likeness (QED) is 0.261. The highest BCUT2D eigenvalue weighted by molar-refractivity contribution is 7.19. The number of pyridine rings is 1. The molecule has 5 heterocycles. The molecule has 2 saturated heterocycles. The number of carbonyl (C=O) groups excluding carboxylic acids is 2. The highest BCUT2D eigenvalue weighted by atomic mass is 35.5. The van der Waals surface area contributed by atoms with Crippen molar-refractivity contribution in [1.29, 1.82) is 0 Å². The van der Waals surface area contributed by atoms with Gasteiger partial charge in [0.1, 0.15) is 5.58 Å². The first-order valence-corrected chi connectivity index (χ1v) is 15.2. The molecule has 2 amide bonds. The molecule has 7 rings (SSSR count). The van der Waals surface area contributed by atoms with Gasteiger partial charge < -0.3 is 4.42 Å². The summed E-state index contributed by atoms with van der Waals surface area (Å²) in [6.45, 7) is 13.8. The molecule has 2 aliphatic heterocycles. The average molecular weight is 577 g/mol. The predicted octanol–water partition coefficient (Wildman–Crippen LogP) is 6.03. The summed E-state index contributed by atoms with van der Waals surface area (Å²) in [7, 11) is 0. The summed E-state index contributed by atoms with van der Waals surface area (Å²) in [4.78, 5) is 37.9. The smallest absolute Gasteiger partial charge is 0.234 e. The van der Waals surface area contributed by atoms with E-state index in [0.717, 1.165) is 75.5 Å². The Morgan fingerprint density at radius 2 is 1.77 bits per heavy atom. The Balaban J connectivity index is 1.22. The molecule has 2 atom stereocenters. The van der Waals surface area contributed by atoms with Gasteiger partial charge in [0.15, 0.2) is 0 Å². The molecule has 0 spiro atoms. The molecule has 9 heteroatoms. The van der Waals surface area contributed by atoms with Crippen molar-refractivity contribution in [2.45, 2.75) is 46.8 Å². The first kappa shape index (κ1) is 26.1. The second kappa shape index (κ2) is 9.38. The van der Waals surface area contributed by atoms with Crippen LogP contribution < -0.4 is 0 Å². The molecule has 3 aliphatic rings. The third kappa shape index (κ3) is 4.11. The van der Waals surface area contributed by atoms with Crippen molar-refractivity contribution >= 4 is 55.9 Å². The van der Waals surface area contributed by atoms with Crippen LogP contribution >= 0.6 is 22.9 Å². The average Bonchev–Trinajstić information content (AvgIpc) is 3.26. The van der Waals surface area contributed by atoms with Gasteiger partial charge in [-0.15, -0.1) is 11.3 Å². The third-order valence-electron chi connectivity index (χ3n) is 9.21. The van der Waals surface area contributed by atoms with E-state index < -0.39 is 0 Å². The summed E-state index contributed by atoms with van der Waals surface area (Å²) in [6, 6.07) is 8.49. The van der Waals surface area contributed by atoms with Gasteiger partial charge in [-0.25, -0.2) is 0 Å². The van der Waals surface area contributed by atoms with Crippen LogP contribution in [-0.2, 0) is 22.7 Å². The molecule has 2 unspecified atom stereocenters. The maximum atomic E-state index is 12.9. The molecule has 40 heavy (non-hydrogen) atoms. The zero-order valence-corrected chi connectivity index (χ0v) is 24.8. The number of hydrogen-bond donors (Lipinski definition) is 0. The molecule has 1 saturated carbocycles. The number of piperazine rings is 1. The first-order chi connectivity index (χ1) is 19.1. The van der Waals surface area contributed by atoms with Crippen LogP contribution in [0.4, 0.5) is 0 Å². The van der Waals surface area contributed by atoms with Crippen LogP contribution in [0.3, 0.4) is 0 Å². The lowest BCUT2D eigenvalue weighted by Crippen LogP contribution is -2.48. The fourth-order valence-corrected chi connectivity index (χ4v) is 8.14. The van der Waals surface area contributed by atoms with Gasteiger partial charge in [-0.1, -0.05) is 25.4 Å². The van der Waals surface area contributed by atoms with Crippen molar-refractivity contribution in [1.82, 2.24) is 19.7 Å². The lowest BCUT2D eigenvalue weighted by molar-refractivity contribution is -0.143. The lowest BCUT2D eigenvalue weighted by Gasteiger charge is -2.36. The zero-order valence-electron chi connectivity index (χ0n) is 23.2. The fourth-order valence-electron chi connectivity index (χ4n) is 6.80. The van der Waals surface area contributed by atoms with Crippen LogP contribution in [0.25, 0.3) is 32.3 Å². The van der Waals surface area contributed by atoms with Gasteiger partial charge in [0.05, 0.1) is 34.9 Å². The van der Waals surface area contributed by atoms with E-state index in [1.807, 2.05) is 50.6 Å². The van der Waals surface area contributed by atoms with Crippen LogP contribution in [0.2, 0.25) is 5.02 Å². The second-order valence-corrected chi connectivity index (χ2v) is 13.9. The van der Waals surface area contributed by atoms with E-state index in [1.165, 1.54) is 4.90 Å². The molecule has 3 aromatic heterocycles. The Labute approximate surface area is 242 Å². The molecular weight excluding hydrogens is 544 g/mol. The molecule has 3 fully saturated rings. The maximum absolute atomic E-state index is 12.9. The number of amides is 2. The number of fused-ring (bicyclic) bond motifs is 3. The van der Waals surface area contributed by atoms with E-state index in [0.29, 0.717) is 17.6 Å². The van der Waals surface area contributed by atoms with E-state index >= 15 is 0 Å². The topological polar surface area (TPSA) is 69.9 Å². The van der Waals surface area contributed by atoms with E-state index in [2.05, 4.69) is 28.6 Å². The van der Waals surface area contributed by atoms with Gasteiger partial charge in [-0.05, 0) is 43.0 Å². The molecule has 7 nitrogen and oxygen atoms in total. The van der Waals surface area contributed by atoms with Crippen LogP contribution in [0.5, 0.6) is 0 Å². The summed E-state index contributed by atoms with van der Waals surface area (Å²) in [6.07, 6.45) is 3.69. The van der Waals surface area contributed by atoms with Gasteiger partial charge in [0.2, 0.25) is 11.8 Å². The number of aromatic nitrogens is 1. The van der Waals surface area contributed by atoms with Crippen molar-refractivity contribution in [2.24, 2.45) is 17.3 Å². The highest BCUT2D eigenvalue weighted by Gasteiger charge is 2.72. The number of hydrogen-bond acceptors (Lipinski definition) is 7. The number of furan rings is 1. The minimum atomic E-state index is -0.207. The lowest BCUT2D eigenvalue weighted by atomic mass is 9.99. The summed E-state index contributed by atoms with van der Waals surface area (Å²) >= 11 is 8.18. The van der Waals surface area contributed by atoms with Crippen LogP contribution in [0, 0.1) is 17.3 Å². The van der Waals surface area contributed by atoms with E-state index in [4.69, 9.17) is 16.0 Å². The number of rotatable bonds is 6. The van der Waals surface area contributed by atoms with Gasteiger partial charge in [-0.3, -0.25) is 29.3 Å². The van der Waals surface area contributed by atoms with E-state index in [-0.39, 0.29) is 29.1 Å². The number of benzene rings is 1. The molecule has 1 aliphatic carbocycles. The molecule has 0 N–H and O–H groups in total. The molecule has 0 bridgehead atoms. The predicted molar refractivity (Wildman–Crippen MR) is 158 cm³/mol. The molecule has 4 aromatic rings. The van der Waals surface area contributed by atoms with Gasteiger partial charge in [0.25, 0.3) is 0 Å². The Kier molecular flexibility index (Phi) is 6.13. The van der Waals surface area contributed by atoms with Crippen molar-refractivity contribution < 1.29 is 14.0 Å². The van der Waals surface area contributed by atoms with Crippen molar-refractivity contribution in [3.05, 3.63) is 52.2 Å². The number of halogens is 1. The maximum Gasteiger partial charge on any atom is 0.234 e. The van der Waals surface area contributed by atoms with Gasteiger partial charge >= 0.3 is 0 Å². The summed E-state index contributed by atoms with van der Waals surface area (Å²) < 4.78 is 7.06. The van der Waals surface area contributed by atoms with Gasteiger partial charge in [-0.2, -0.15) is 0 Å². The summed E-state index contributed by atoms with van der Waals surface area (Å²) in [5, 5.41) is 1.69. The Bertz CT molecular complexity index is 1640. The van der Waals surface area contributed by atoms with Crippen LogP contribution in [0.1, 0.15) is 38.1 Å². The van der Waals surface area contributed by atoms with Crippen molar-refractivity contribution in [3.63, 3.8) is 0 Å². The third-order valence-corrected chi connectivity index (χ3v) is 10.6. The van der Waals surface area contributed by atoms with Crippen molar-refractivity contribution in [3.8, 4) is 11.1 Å². The first-order valence-electron chi connectivity index (χ1n) is 14.0. The number of likely N-dealkylation sites (tertiary alicyclic amines) is 1. The normalized spacial score (nSPS) is 23.2. The number of imide groups is 1. The standard InChI is InChI=1S/C31H33ClN4O3S/c1-17(2)35-9-7-34(8-10-35)14-18-16-39-24-12-19(32)11-22(25(18)24)21-5-6-33-23-13-20(40-28(21)23)15-36-29(37)26-27(30(36)38)31(26,3)4/h5-6,11-13,16-17,26-27H,7-10,14-15H2,1-4H3. The fraction of sp³-hybridized carbons (Fsp3) is 0.452. The minimum Gasteiger partial charge on any atom is -0.464 e. The molecule has 0 radical (unpaired) electrons. The molecular formula is C31H33ClN4O3S. The number of nitrogens with zero attached hydrogens (tertiary/aromatic N) is 4.